The maximum absolute atomic E-state index is 2.22. The van der Waals surface area contributed by atoms with E-state index in [4.69, 9.17) is 0 Å². The molecule has 1 aliphatic carbocycles. The molecule has 0 radical (unpaired) electrons. The lowest BCUT2D eigenvalue weighted by Gasteiger charge is -2.08. The lowest BCUT2D eigenvalue weighted by atomic mass is 9.98. The summed E-state index contributed by atoms with van der Waals surface area (Å²) in [5.74, 6) is 0.884. The normalized spacial score (nSPS) is 27.8. The van der Waals surface area contributed by atoms with Gasteiger partial charge in [0.2, 0.25) is 0 Å². The molecule has 1 unspecified atom stereocenters. The molecule has 0 fully saturated rings. The number of hydrogen-bond acceptors (Lipinski definition) is 0. The lowest BCUT2D eigenvalue weighted by Crippen LogP contribution is -1.93. The van der Waals surface area contributed by atoms with Crippen molar-refractivity contribution in [1.29, 1.82) is 0 Å². The van der Waals surface area contributed by atoms with Crippen LogP contribution in [0.1, 0.15) is 13.3 Å². The van der Waals surface area contributed by atoms with Crippen LogP contribution >= 0.6 is 13.5 Å². The van der Waals surface area contributed by atoms with Crippen LogP contribution in [0.3, 0.4) is 0 Å². The highest BCUT2D eigenvalue weighted by Crippen LogP contribution is 2.13. The summed E-state index contributed by atoms with van der Waals surface area (Å²) in [6, 6.07) is 0. The van der Waals surface area contributed by atoms with E-state index in [1.165, 1.54) is 6.42 Å². The number of hydrogen-bond donors (Lipinski definition) is 0. The number of allylic oxidation sites excluding steroid dienone is 2. The fourth-order valence-corrected chi connectivity index (χ4v) is 0.408. The highest BCUT2D eigenvalue weighted by molar-refractivity contribution is 7.59. The fourth-order valence-electron chi connectivity index (χ4n) is 0.408. The van der Waals surface area contributed by atoms with E-state index in [9.17, 15) is 0 Å². The van der Waals surface area contributed by atoms with Crippen molar-refractivity contribution in [3.63, 3.8) is 0 Å². The summed E-state index contributed by atoms with van der Waals surface area (Å²) in [5, 5.41) is 0. The molecular formula is C5H10S. The molecule has 36 valence electrons. The Kier molecular flexibility index (Phi) is 2.33. The van der Waals surface area contributed by atoms with Gasteiger partial charge < -0.3 is 0 Å². The van der Waals surface area contributed by atoms with Gasteiger partial charge >= 0.3 is 0 Å². The zero-order valence-corrected chi connectivity index (χ0v) is 4.94. The molecule has 0 saturated heterocycles. The minimum atomic E-state index is 0. The van der Waals surface area contributed by atoms with Gasteiger partial charge in [0.05, 0.1) is 0 Å². The Hall–Kier alpha value is 0.0900. The molecule has 0 aliphatic heterocycles. The third-order valence-electron chi connectivity index (χ3n) is 0.972. The lowest BCUT2D eigenvalue weighted by molar-refractivity contribution is 0.681. The zero-order chi connectivity index (χ0) is 3.70. The van der Waals surface area contributed by atoms with Gasteiger partial charge in [-0.15, -0.1) is 0 Å². The molecule has 0 N–H and O–H groups in total. The van der Waals surface area contributed by atoms with Crippen LogP contribution in [0.15, 0.2) is 12.2 Å². The first-order valence-corrected chi connectivity index (χ1v) is 2.06. The Labute approximate surface area is 45.7 Å². The summed E-state index contributed by atoms with van der Waals surface area (Å²) in [7, 11) is 0. The van der Waals surface area contributed by atoms with Crippen molar-refractivity contribution < 1.29 is 0 Å². The molecule has 0 aromatic heterocycles. The van der Waals surface area contributed by atoms with Gasteiger partial charge in [0.15, 0.2) is 0 Å². The molecular weight excluding hydrogens is 92.1 g/mol. The van der Waals surface area contributed by atoms with Gasteiger partial charge in [-0.25, -0.2) is 0 Å². The molecule has 0 aromatic rings. The summed E-state index contributed by atoms with van der Waals surface area (Å²) < 4.78 is 0. The van der Waals surface area contributed by atoms with E-state index in [0.29, 0.717) is 0 Å². The average molecular weight is 102 g/mol. The fraction of sp³-hybridized carbons (Fsp3) is 0.600. The molecule has 1 aliphatic rings. The van der Waals surface area contributed by atoms with Gasteiger partial charge in [0.25, 0.3) is 0 Å². The Morgan fingerprint density at radius 3 is 2.00 bits per heavy atom. The van der Waals surface area contributed by atoms with Gasteiger partial charge in [0.1, 0.15) is 0 Å². The molecule has 0 aromatic carbocycles. The van der Waals surface area contributed by atoms with Crippen LogP contribution < -0.4 is 0 Å². The molecule has 0 nitrogen and oxygen atoms in total. The van der Waals surface area contributed by atoms with Gasteiger partial charge in [-0.05, 0) is 12.3 Å². The molecule has 1 heteroatoms. The van der Waals surface area contributed by atoms with Crippen molar-refractivity contribution in [2.24, 2.45) is 5.92 Å². The summed E-state index contributed by atoms with van der Waals surface area (Å²) in [6.07, 6.45) is 5.73. The Balaban J connectivity index is 0.000000250. The second kappa shape index (κ2) is 2.30. The van der Waals surface area contributed by atoms with Gasteiger partial charge in [-0.2, -0.15) is 13.5 Å². The molecule has 6 heavy (non-hydrogen) atoms. The Morgan fingerprint density at radius 2 is 2.00 bits per heavy atom. The van der Waals surface area contributed by atoms with Crippen molar-refractivity contribution in [3.05, 3.63) is 12.2 Å². The van der Waals surface area contributed by atoms with E-state index in [1.807, 2.05) is 0 Å². The van der Waals surface area contributed by atoms with Crippen molar-refractivity contribution in [3.8, 4) is 0 Å². The number of rotatable bonds is 0. The predicted octanol–water partition coefficient (Wildman–Crippen LogP) is 1.70. The molecule has 0 bridgehead atoms. The van der Waals surface area contributed by atoms with Gasteiger partial charge in [-0.1, -0.05) is 19.1 Å². The monoisotopic (exact) mass is 102 g/mol. The Bertz CT molecular complexity index is 57.0. The Morgan fingerprint density at radius 1 is 1.67 bits per heavy atom. The molecule has 1 rings (SSSR count). The smallest absolute Gasteiger partial charge is 0.0227 e. The summed E-state index contributed by atoms with van der Waals surface area (Å²) in [5.41, 5.74) is 0. The van der Waals surface area contributed by atoms with Gasteiger partial charge in [-0.3, -0.25) is 0 Å². The second-order valence-electron chi connectivity index (χ2n) is 1.64. The topological polar surface area (TPSA) is 0 Å². The van der Waals surface area contributed by atoms with E-state index >= 15 is 0 Å². The van der Waals surface area contributed by atoms with E-state index in [1.54, 1.807) is 0 Å². The van der Waals surface area contributed by atoms with Crippen LogP contribution in [-0.2, 0) is 0 Å². The highest BCUT2D eigenvalue weighted by atomic mass is 32.1. The molecule has 1 atom stereocenters. The quantitative estimate of drug-likeness (QED) is 0.408. The van der Waals surface area contributed by atoms with Crippen molar-refractivity contribution in [2.45, 2.75) is 13.3 Å². The first-order valence-electron chi connectivity index (χ1n) is 2.06. The maximum atomic E-state index is 2.22. The van der Waals surface area contributed by atoms with Crippen LogP contribution in [0.25, 0.3) is 0 Å². The summed E-state index contributed by atoms with van der Waals surface area (Å²) >= 11 is 0. The highest BCUT2D eigenvalue weighted by Gasteiger charge is 1.98. The predicted molar refractivity (Wildman–Crippen MR) is 33.3 cm³/mol. The van der Waals surface area contributed by atoms with Crippen molar-refractivity contribution in [2.75, 3.05) is 0 Å². The summed E-state index contributed by atoms with van der Waals surface area (Å²) in [4.78, 5) is 0. The first kappa shape index (κ1) is 6.09. The van der Waals surface area contributed by atoms with Gasteiger partial charge in [0, 0.05) is 0 Å². The van der Waals surface area contributed by atoms with Crippen LogP contribution in [0, 0.1) is 5.92 Å². The molecule has 0 saturated carbocycles. The zero-order valence-electron chi connectivity index (χ0n) is 3.94. The van der Waals surface area contributed by atoms with E-state index in [0.717, 1.165) is 5.92 Å². The summed E-state index contributed by atoms with van der Waals surface area (Å²) in [6.45, 7) is 2.22. The van der Waals surface area contributed by atoms with Crippen molar-refractivity contribution >= 4 is 13.5 Å². The minimum Gasteiger partial charge on any atom is -0.197 e. The minimum absolute atomic E-state index is 0. The molecule has 0 spiro atoms. The first-order chi connectivity index (χ1) is 2.39. The van der Waals surface area contributed by atoms with E-state index < -0.39 is 0 Å². The van der Waals surface area contributed by atoms with Crippen LogP contribution in [0.4, 0.5) is 0 Å². The largest absolute Gasteiger partial charge is 0.197 e. The van der Waals surface area contributed by atoms with E-state index in [-0.39, 0.29) is 13.5 Å². The van der Waals surface area contributed by atoms with Crippen molar-refractivity contribution in [1.82, 2.24) is 0 Å². The van der Waals surface area contributed by atoms with E-state index in [2.05, 4.69) is 19.1 Å². The standard InChI is InChI=1S/C5H8.H2S/c1-5-3-2-4-5;/h2-3,5H,4H2,1H3;1H2. The molecule has 0 heterocycles. The van der Waals surface area contributed by atoms with Crippen LogP contribution in [0.5, 0.6) is 0 Å². The van der Waals surface area contributed by atoms with Crippen LogP contribution in [-0.4, -0.2) is 0 Å². The average Bonchev–Trinajstić information content (AvgIpc) is 1.30. The third kappa shape index (κ3) is 1.05. The van der Waals surface area contributed by atoms with Crippen LogP contribution in [0.2, 0.25) is 0 Å². The second-order valence-corrected chi connectivity index (χ2v) is 1.64. The SMILES string of the molecule is CC1C=CC1.S. The maximum Gasteiger partial charge on any atom is -0.0227 e. The third-order valence-corrected chi connectivity index (χ3v) is 0.972. The molecule has 0 amide bonds.